The molecule has 2 amide bonds. The molecule has 2 aromatic carbocycles. The van der Waals surface area contributed by atoms with Crippen LogP contribution in [0.15, 0.2) is 48.5 Å². The lowest BCUT2D eigenvalue weighted by Gasteiger charge is -2.25. The second kappa shape index (κ2) is 12.8. The summed E-state index contributed by atoms with van der Waals surface area (Å²) in [6, 6.07) is 12.8. The minimum atomic E-state index is -2.92. The molecule has 2 rings (SSSR count). The van der Waals surface area contributed by atoms with Crippen LogP contribution in [0.2, 0.25) is 0 Å². The van der Waals surface area contributed by atoms with Crippen molar-refractivity contribution in [3.63, 3.8) is 0 Å². The van der Waals surface area contributed by atoms with Gasteiger partial charge < -0.3 is 15.3 Å². The van der Waals surface area contributed by atoms with Gasteiger partial charge in [-0.3, -0.25) is 14.4 Å². The molecule has 8 nitrogen and oxygen atoms in total. The van der Waals surface area contributed by atoms with Crippen LogP contribution in [0.25, 0.3) is 0 Å². The molecule has 1 atom stereocenters. The number of aliphatic hydroxyl groups excluding tert-OH is 1. The van der Waals surface area contributed by atoms with Crippen molar-refractivity contribution in [3.8, 4) is 11.8 Å². The summed E-state index contributed by atoms with van der Waals surface area (Å²) in [5.41, 5.74) is 2.90. The molecule has 35 heavy (non-hydrogen) atoms. The smallest absolute Gasteiger partial charge is 0.254 e. The van der Waals surface area contributed by atoms with Crippen molar-refractivity contribution >= 4 is 27.4 Å². The molecular weight excluding hydrogens is 468 g/mol. The van der Waals surface area contributed by atoms with Crippen molar-refractivity contribution in [2.24, 2.45) is 0 Å². The van der Waals surface area contributed by atoms with Crippen molar-refractivity contribution in [1.29, 1.82) is 0 Å². The average Bonchev–Trinajstić information content (AvgIpc) is 2.85. The number of ketones is 1. The molecule has 1 unspecified atom stereocenters. The normalized spacial score (nSPS) is 11.7. The van der Waals surface area contributed by atoms with Gasteiger partial charge >= 0.3 is 0 Å². The SMILES string of the molecule is CNC(=O)C(C(=O)CO)N(C)C(=O)c1ccc(C#Cc2ccc(CCCCS(C)(=O)=O)cc2)cc1. The van der Waals surface area contributed by atoms with Crippen LogP contribution in [0.1, 0.15) is 39.9 Å². The minimum Gasteiger partial charge on any atom is -0.388 e. The molecule has 0 aliphatic heterocycles. The Bertz CT molecular complexity index is 1190. The Hall–Kier alpha value is -3.48. The van der Waals surface area contributed by atoms with Crippen LogP contribution < -0.4 is 5.32 Å². The van der Waals surface area contributed by atoms with Gasteiger partial charge in [0.2, 0.25) is 5.91 Å². The Morgan fingerprint density at radius 3 is 2.00 bits per heavy atom. The summed E-state index contributed by atoms with van der Waals surface area (Å²) in [6.07, 6.45) is 3.49. The third-order valence-electron chi connectivity index (χ3n) is 5.33. The molecular formula is C26H30N2O6S. The zero-order valence-electron chi connectivity index (χ0n) is 20.1. The van der Waals surface area contributed by atoms with Gasteiger partial charge in [0.25, 0.3) is 5.91 Å². The van der Waals surface area contributed by atoms with Crippen molar-refractivity contribution in [1.82, 2.24) is 10.2 Å². The van der Waals surface area contributed by atoms with Crippen LogP contribution in [0.3, 0.4) is 0 Å². The third-order valence-corrected chi connectivity index (χ3v) is 6.36. The topological polar surface area (TPSA) is 121 Å². The monoisotopic (exact) mass is 498 g/mol. The fourth-order valence-corrected chi connectivity index (χ4v) is 4.10. The predicted molar refractivity (Wildman–Crippen MR) is 134 cm³/mol. The maximum absolute atomic E-state index is 12.7. The van der Waals surface area contributed by atoms with Crippen LogP contribution in [0, 0.1) is 11.8 Å². The number of nitrogens with one attached hydrogen (secondary N) is 1. The molecule has 0 spiro atoms. The number of Topliss-reactive ketones (excluding diaryl/α,β-unsaturated/α-hetero) is 1. The molecule has 0 aliphatic rings. The minimum absolute atomic E-state index is 0.201. The first-order valence-electron chi connectivity index (χ1n) is 11.1. The van der Waals surface area contributed by atoms with Crippen molar-refractivity contribution < 1.29 is 27.9 Å². The van der Waals surface area contributed by atoms with Crippen LogP contribution in [-0.2, 0) is 25.8 Å². The van der Waals surface area contributed by atoms with E-state index in [0.29, 0.717) is 12.0 Å². The zero-order valence-corrected chi connectivity index (χ0v) is 20.9. The highest BCUT2D eigenvalue weighted by atomic mass is 32.2. The Labute approximate surface area is 206 Å². The second-order valence-corrected chi connectivity index (χ2v) is 10.4. The highest BCUT2D eigenvalue weighted by molar-refractivity contribution is 7.90. The number of hydrogen-bond acceptors (Lipinski definition) is 6. The van der Waals surface area contributed by atoms with Gasteiger partial charge in [0.05, 0.1) is 0 Å². The maximum atomic E-state index is 12.7. The highest BCUT2D eigenvalue weighted by Gasteiger charge is 2.32. The first-order valence-corrected chi connectivity index (χ1v) is 13.1. The Morgan fingerprint density at radius 1 is 0.971 bits per heavy atom. The fourth-order valence-electron chi connectivity index (χ4n) is 3.37. The fraction of sp³-hybridized carbons (Fsp3) is 0.346. The molecule has 0 aromatic heterocycles. The maximum Gasteiger partial charge on any atom is 0.254 e. The summed E-state index contributed by atoms with van der Waals surface area (Å²) in [5.74, 6) is 4.30. The molecule has 2 aromatic rings. The van der Waals surface area contributed by atoms with E-state index in [1.165, 1.54) is 20.4 Å². The third kappa shape index (κ3) is 8.67. The van der Waals surface area contributed by atoms with E-state index < -0.39 is 40.1 Å². The predicted octanol–water partition coefficient (Wildman–Crippen LogP) is 1.20. The van der Waals surface area contributed by atoms with E-state index >= 15 is 0 Å². The molecule has 0 radical (unpaired) electrons. The molecule has 0 heterocycles. The van der Waals surface area contributed by atoms with E-state index in [9.17, 15) is 22.8 Å². The van der Waals surface area contributed by atoms with E-state index in [1.807, 2.05) is 24.3 Å². The number of hydrogen-bond donors (Lipinski definition) is 2. The Morgan fingerprint density at radius 2 is 1.51 bits per heavy atom. The number of likely N-dealkylation sites (N-methyl/N-ethyl adjacent to an activating group) is 2. The van der Waals surface area contributed by atoms with Crippen molar-refractivity contribution in [2.45, 2.75) is 25.3 Å². The number of aryl methyl sites for hydroxylation is 1. The Kier molecular flexibility index (Phi) is 10.2. The number of rotatable bonds is 10. The van der Waals surface area contributed by atoms with Gasteiger partial charge in [-0.05, 0) is 61.2 Å². The zero-order chi connectivity index (χ0) is 26.0. The number of unbranched alkanes of at least 4 members (excludes halogenated alkanes) is 1. The first kappa shape index (κ1) is 27.8. The van der Waals surface area contributed by atoms with Gasteiger partial charge in [0, 0.05) is 42.8 Å². The molecule has 0 saturated carbocycles. The van der Waals surface area contributed by atoms with Crippen LogP contribution in [-0.4, -0.2) is 74.8 Å². The summed E-state index contributed by atoms with van der Waals surface area (Å²) < 4.78 is 22.4. The first-order chi connectivity index (χ1) is 16.6. The lowest BCUT2D eigenvalue weighted by Crippen LogP contribution is -2.52. The van der Waals surface area contributed by atoms with Gasteiger partial charge in [0.1, 0.15) is 16.4 Å². The van der Waals surface area contributed by atoms with Crippen LogP contribution in [0.4, 0.5) is 0 Å². The lowest BCUT2D eigenvalue weighted by atomic mass is 10.1. The van der Waals surface area contributed by atoms with Crippen LogP contribution >= 0.6 is 0 Å². The Balaban J connectivity index is 2.01. The number of aliphatic hydroxyl groups is 1. The number of carbonyl (C=O) groups excluding carboxylic acids is 3. The van der Waals surface area contributed by atoms with Crippen molar-refractivity contribution in [3.05, 3.63) is 70.8 Å². The highest BCUT2D eigenvalue weighted by Crippen LogP contribution is 2.11. The molecule has 2 N–H and O–H groups in total. The van der Waals surface area contributed by atoms with E-state index in [4.69, 9.17) is 5.11 Å². The summed E-state index contributed by atoms with van der Waals surface area (Å²) in [6.45, 7) is -0.853. The molecule has 9 heteroatoms. The molecule has 0 aliphatic carbocycles. The van der Waals surface area contributed by atoms with Gasteiger partial charge in [-0.25, -0.2) is 8.42 Å². The van der Waals surface area contributed by atoms with E-state index in [-0.39, 0.29) is 11.3 Å². The van der Waals surface area contributed by atoms with Gasteiger partial charge in [-0.2, -0.15) is 0 Å². The number of nitrogens with zero attached hydrogens (tertiary/aromatic N) is 1. The second-order valence-electron chi connectivity index (χ2n) is 8.17. The molecule has 0 fully saturated rings. The van der Waals surface area contributed by atoms with Gasteiger partial charge in [-0.15, -0.1) is 0 Å². The van der Waals surface area contributed by atoms with E-state index in [2.05, 4.69) is 17.2 Å². The van der Waals surface area contributed by atoms with Gasteiger partial charge in [-0.1, -0.05) is 24.0 Å². The summed E-state index contributed by atoms with van der Waals surface area (Å²) >= 11 is 0. The summed E-state index contributed by atoms with van der Waals surface area (Å²) in [7, 11) is -0.241. The number of benzene rings is 2. The van der Waals surface area contributed by atoms with E-state index in [1.54, 1.807) is 24.3 Å². The van der Waals surface area contributed by atoms with Gasteiger partial charge in [0.15, 0.2) is 11.8 Å². The molecule has 186 valence electrons. The number of amides is 2. The summed E-state index contributed by atoms with van der Waals surface area (Å²) in [5, 5.41) is 11.5. The average molecular weight is 499 g/mol. The van der Waals surface area contributed by atoms with Crippen LogP contribution in [0.5, 0.6) is 0 Å². The molecule has 0 saturated heterocycles. The number of sulfone groups is 1. The quantitative estimate of drug-likeness (QED) is 0.289. The molecule has 0 bridgehead atoms. The van der Waals surface area contributed by atoms with E-state index in [0.717, 1.165) is 28.9 Å². The standard InChI is InChI=1S/C26H30N2O6S/c1-27-25(31)24(23(30)18-29)28(2)26(32)22-15-13-21(14-16-22)12-11-20-9-7-19(8-10-20)6-4-5-17-35(3,33)34/h7-10,13-16,24,29H,4-6,17-18H2,1-3H3,(H,27,31). The lowest BCUT2D eigenvalue weighted by molar-refractivity contribution is -0.135. The summed E-state index contributed by atoms with van der Waals surface area (Å²) in [4.78, 5) is 37.7. The number of carbonyl (C=O) groups is 3. The van der Waals surface area contributed by atoms with Crippen molar-refractivity contribution in [2.75, 3.05) is 32.7 Å². The largest absolute Gasteiger partial charge is 0.388 e.